The van der Waals surface area contributed by atoms with E-state index in [4.69, 9.17) is 4.74 Å². The number of benzene rings is 1. The highest BCUT2D eigenvalue weighted by molar-refractivity contribution is 7.13. The average Bonchev–Trinajstić information content (AvgIpc) is 3.26. The molecule has 0 saturated carbocycles. The number of anilines is 2. The fourth-order valence-electron chi connectivity index (χ4n) is 2.79. The SMILES string of the molecule is CC(C)CCNc1nc(C(=O)OCC(=O)N2CCc3ccccc32)cs1. The number of amides is 1. The fourth-order valence-corrected chi connectivity index (χ4v) is 3.50. The van der Waals surface area contributed by atoms with E-state index >= 15 is 0 Å². The summed E-state index contributed by atoms with van der Waals surface area (Å²) in [6.45, 7) is 5.47. The summed E-state index contributed by atoms with van der Waals surface area (Å²) in [6, 6.07) is 7.79. The first-order valence-corrected chi connectivity index (χ1v) is 9.67. The second-order valence-electron chi connectivity index (χ2n) is 6.65. The van der Waals surface area contributed by atoms with Gasteiger partial charge in [-0.15, -0.1) is 11.3 Å². The molecule has 0 aliphatic carbocycles. The second-order valence-corrected chi connectivity index (χ2v) is 7.51. The number of hydrogen-bond donors (Lipinski definition) is 1. The Morgan fingerprint density at radius 3 is 2.96 bits per heavy atom. The van der Waals surface area contributed by atoms with Crippen LogP contribution in [0.5, 0.6) is 0 Å². The molecule has 1 N–H and O–H groups in total. The van der Waals surface area contributed by atoms with E-state index in [1.165, 1.54) is 11.3 Å². The molecule has 7 heteroatoms. The van der Waals surface area contributed by atoms with E-state index < -0.39 is 5.97 Å². The van der Waals surface area contributed by atoms with Crippen LogP contribution >= 0.6 is 11.3 Å². The maximum Gasteiger partial charge on any atom is 0.358 e. The van der Waals surface area contributed by atoms with Crippen molar-refractivity contribution in [2.75, 3.05) is 29.9 Å². The number of nitrogens with zero attached hydrogens (tertiary/aromatic N) is 2. The van der Waals surface area contributed by atoms with Gasteiger partial charge in [0.15, 0.2) is 17.4 Å². The first kappa shape index (κ1) is 18.4. The molecule has 0 radical (unpaired) electrons. The lowest BCUT2D eigenvalue weighted by atomic mass is 10.1. The summed E-state index contributed by atoms with van der Waals surface area (Å²) >= 11 is 1.36. The summed E-state index contributed by atoms with van der Waals surface area (Å²) < 4.78 is 5.16. The van der Waals surface area contributed by atoms with E-state index in [2.05, 4.69) is 24.1 Å². The zero-order valence-corrected chi connectivity index (χ0v) is 15.8. The molecular weight excluding hydrogens is 350 g/mol. The van der Waals surface area contributed by atoms with Gasteiger partial charge in [0.1, 0.15) is 0 Å². The van der Waals surface area contributed by atoms with Gasteiger partial charge in [0, 0.05) is 24.2 Å². The van der Waals surface area contributed by atoms with E-state index in [0.717, 1.165) is 30.6 Å². The summed E-state index contributed by atoms with van der Waals surface area (Å²) in [5.41, 5.74) is 2.28. The van der Waals surface area contributed by atoms with Gasteiger partial charge >= 0.3 is 5.97 Å². The molecule has 26 heavy (non-hydrogen) atoms. The number of fused-ring (bicyclic) bond motifs is 1. The molecule has 138 valence electrons. The van der Waals surface area contributed by atoms with E-state index in [0.29, 0.717) is 17.6 Å². The molecule has 2 aromatic rings. The van der Waals surface area contributed by atoms with E-state index in [1.54, 1.807) is 10.3 Å². The fraction of sp³-hybridized carbons (Fsp3) is 0.421. The predicted molar refractivity (Wildman–Crippen MR) is 103 cm³/mol. The highest BCUT2D eigenvalue weighted by Crippen LogP contribution is 2.27. The molecular formula is C19H23N3O3S. The van der Waals surface area contributed by atoms with Crippen LogP contribution in [-0.2, 0) is 16.0 Å². The van der Waals surface area contributed by atoms with Crippen molar-refractivity contribution in [3.63, 3.8) is 0 Å². The Balaban J connectivity index is 1.50. The van der Waals surface area contributed by atoms with Crippen LogP contribution in [0.25, 0.3) is 0 Å². The lowest BCUT2D eigenvalue weighted by Crippen LogP contribution is -2.33. The number of carbonyl (C=O) groups excluding carboxylic acids is 2. The Bertz CT molecular complexity index is 788. The molecule has 2 heterocycles. The first-order valence-electron chi connectivity index (χ1n) is 8.79. The third kappa shape index (κ3) is 4.40. The van der Waals surface area contributed by atoms with Crippen LogP contribution in [0, 0.1) is 5.92 Å². The molecule has 1 aliphatic heterocycles. The highest BCUT2D eigenvalue weighted by Gasteiger charge is 2.25. The van der Waals surface area contributed by atoms with Gasteiger partial charge in [0.05, 0.1) is 0 Å². The largest absolute Gasteiger partial charge is 0.451 e. The van der Waals surface area contributed by atoms with Crippen molar-refractivity contribution in [2.24, 2.45) is 5.92 Å². The van der Waals surface area contributed by atoms with E-state index in [1.807, 2.05) is 24.3 Å². The average molecular weight is 373 g/mol. The quantitative estimate of drug-likeness (QED) is 0.754. The number of para-hydroxylation sites is 1. The summed E-state index contributed by atoms with van der Waals surface area (Å²) in [4.78, 5) is 30.4. The van der Waals surface area contributed by atoms with Gasteiger partial charge in [-0.05, 0) is 30.4 Å². The zero-order chi connectivity index (χ0) is 18.5. The summed E-state index contributed by atoms with van der Waals surface area (Å²) in [6.07, 6.45) is 1.86. The molecule has 0 atom stereocenters. The number of nitrogens with one attached hydrogen (secondary N) is 1. The van der Waals surface area contributed by atoms with Crippen molar-refractivity contribution in [2.45, 2.75) is 26.7 Å². The number of rotatable bonds is 7. The predicted octanol–water partition coefficient (Wildman–Crippen LogP) is 3.35. The minimum Gasteiger partial charge on any atom is -0.451 e. The van der Waals surface area contributed by atoms with E-state index in [-0.39, 0.29) is 18.2 Å². The van der Waals surface area contributed by atoms with Gasteiger partial charge in [-0.25, -0.2) is 9.78 Å². The molecule has 1 aromatic carbocycles. The van der Waals surface area contributed by atoms with Crippen LogP contribution in [-0.4, -0.2) is 36.6 Å². The van der Waals surface area contributed by atoms with Gasteiger partial charge in [0.25, 0.3) is 5.91 Å². The Labute approximate surface area is 157 Å². The Morgan fingerprint density at radius 2 is 2.15 bits per heavy atom. The zero-order valence-electron chi connectivity index (χ0n) is 15.0. The summed E-state index contributed by atoms with van der Waals surface area (Å²) in [5, 5.41) is 5.54. The molecule has 0 saturated heterocycles. The topological polar surface area (TPSA) is 71.5 Å². The van der Waals surface area contributed by atoms with Crippen molar-refractivity contribution in [3.8, 4) is 0 Å². The highest BCUT2D eigenvalue weighted by atomic mass is 32.1. The summed E-state index contributed by atoms with van der Waals surface area (Å²) in [7, 11) is 0. The van der Waals surface area contributed by atoms with Crippen LogP contribution in [0.1, 0.15) is 36.3 Å². The monoisotopic (exact) mass is 373 g/mol. The number of hydrogen-bond acceptors (Lipinski definition) is 6. The molecule has 0 bridgehead atoms. The maximum absolute atomic E-state index is 12.4. The van der Waals surface area contributed by atoms with Crippen molar-refractivity contribution < 1.29 is 14.3 Å². The lowest BCUT2D eigenvalue weighted by molar-refractivity contribution is -0.121. The Hall–Kier alpha value is -2.41. The van der Waals surface area contributed by atoms with Crippen LogP contribution in [0.3, 0.4) is 0 Å². The molecule has 0 fully saturated rings. The van der Waals surface area contributed by atoms with Crippen LogP contribution in [0.2, 0.25) is 0 Å². The normalized spacial score (nSPS) is 13.0. The van der Waals surface area contributed by atoms with Crippen molar-refractivity contribution >= 4 is 34.0 Å². The van der Waals surface area contributed by atoms with E-state index in [9.17, 15) is 9.59 Å². The number of ether oxygens (including phenoxy) is 1. The minimum absolute atomic E-state index is 0.214. The van der Waals surface area contributed by atoms with Crippen molar-refractivity contribution in [1.82, 2.24) is 4.98 Å². The molecule has 1 aliphatic rings. The van der Waals surface area contributed by atoms with Crippen molar-refractivity contribution in [1.29, 1.82) is 0 Å². The third-order valence-corrected chi connectivity index (χ3v) is 5.03. The number of carbonyl (C=O) groups is 2. The van der Waals surface area contributed by atoms with Gasteiger partial charge < -0.3 is 15.0 Å². The van der Waals surface area contributed by atoms with Crippen LogP contribution in [0.4, 0.5) is 10.8 Å². The van der Waals surface area contributed by atoms with Crippen LogP contribution < -0.4 is 10.2 Å². The number of esters is 1. The van der Waals surface area contributed by atoms with Gasteiger partial charge in [0.2, 0.25) is 0 Å². The molecule has 0 spiro atoms. The Morgan fingerprint density at radius 1 is 1.35 bits per heavy atom. The lowest BCUT2D eigenvalue weighted by Gasteiger charge is -2.16. The minimum atomic E-state index is -0.570. The molecule has 3 rings (SSSR count). The van der Waals surface area contributed by atoms with Gasteiger partial charge in [-0.3, -0.25) is 4.79 Å². The first-order chi connectivity index (χ1) is 12.5. The smallest absolute Gasteiger partial charge is 0.358 e. The standard InChI is InChI=1S/C19H23N3O3S/c1-13(2)7-9-20-19-21-15(12-26-19)18(24)25-11-17(23)22-10-8-14-5-3-4-6-16(14)22/h3-6,12-13H,7-11H2,1-2H3,(H,20,21). The molecule has 1 amide bonds. The maximum atomic E-state index is 12.4. The summed E-state index contributed by atoms with van der Waals surface area (Å²) in [5.74, 6) is -0.179. The number of thiazole rings is 1. The molecule has 6 nitrogen and oxygen atoms in total. The number of aromatic nitrogens is 1. The third-order valence-electron chi connectivity index (χ3n) is 4.23. The van der Waals surface area contributed by atoms with Gasteiger partial charge in [-0.2, -0.15) is 0 Å². The van der Waals surface area contributed by atoms with Crippen molar-refractivity contribution in [3.05, 3.63) is 40.9 Å². The Kier molecular flexibility index (Phi) is 5.88. The second kappa shape index (κ2) is 8.31. The van der Waals surface area contributed by atoms with Crippen LogP contribution in [0.15, 0.2) is 29.6 Å². The molecule has 0 unspecified atom stereocenters. The van der Waals surface area contributed by atoms with Gasteiger partial charge in [-0.1, -0.05) is 32.0 Å². The molecule has 1 aromatic heterocycles.